The molecule has 0 amide bonds. The first kappa shape index (κ1) is 11.2. The van der Waals surface area contributed by atoms with Crippen molar-refractivity contribution in [3.05, 3.63) is 45.7 Å². The maximum absolute atomic E-state index is 8.60. The fourth-order valence-electron chi connectivity index (χ4n) is 1.35. The van der Waals surface area contributed by atoms with E-state index >= 15 is 0 Å². The van der Waals surface area contributed by atoms with Crippen molar-refractivity contribution >= 4 is 27.5 Å². The molecule has 0 N–H and O–H groups in total. The largest absolute Gasteiger partial charge is 0.240 e. The zero-order chi connectivity index (χ0) is 11.5. The third-order valence-corrected chi connectivity index (χ3v) is 2.88. The van der Waals surface area contributed by atoms with Gasteiger partial charge in [0.25, 0.3) is 0 Å². The molecule has 1 heterocycles. The maximum Gasteiger partial charge on any atom is 0.0670 e. The summed E-state index contributed by atoms with van der Waals surface area (Å²) in [5.41, 5.74) is 1.71. The van der Waals surface area contributed by atoms with Gasteiger partial charge in [-0.25, -0.2) is 4.68 Å². The first-order chi connectivity index (χ1) is 7.70. The van der Waals surface area contributed by atoms with Crippen LogP contribution in [0, 0.1) is 11.3 Å². The van der Waals surface area contributed by atoms with Crippen LogP contribution in [-0.2, 0) is 6.42 Å². The molecule has 1 aromatic heterocycles. The van der Waals surface area contributed by atoms with Gasteiger partial charge in [0.2, 0.25) is 0 Å². The summed E-state index contributed by atoms with van der Waals surface area (Å²) >= 11 is 9.39. The van der Waals surface area contributed by atoms with Crippen LogP contribution in [0.1, 0.15) is 5.56 Å². The molecule has 16 heavy (non-hydrogen) atoms. The van der Waals surface area contributed by atoms with Gasteiger partial charge >= 0.3 is 0 Å². The lowest BCUT2D eigenvalue weighted by Crippen LogP contribution is -1.95. The van der Waals surface area contributed by atoms with E-state index in [1.54, 1.807) is 16.9 Å². The molecule has 2 aromatic rings. The van der Waals surface area contributed by atoms with Crippen LogP contribution in [0.15, 0.2) is 35.1 Å². The van der Waals surface area contributed by atoms with Gasteiger partial charge in [-0.3, -0.25) is 0 Å². The summed E-state index contributed by atoms with van der Waals surface area (Å²) in [6, 6.07) is 7.60. The highest BCUT2D eigenvalue weighted by Crippen LogP contribution is 2.21. The summed E-state index contributed by atoms with van der Waals surface area (Å²) in [4.78, 5) is 0. The summed E-state index contributed by atoms with van der Waals surface area (Å²) in [6.07, 6.45) is 3.87. The van der Waals surface area contributed by atoms with Gasteiger partial charge in [0.1, 0.15) is 0 Å². The number of benzene rings is 1. The van der Waals surface area contributed by atoms with Gasteiger partial charge < -0.3 is 0 Å². The van der Waals surface area contributed by atoms with E-state index in [1.807, 2.05) is 18.3 Å². The van der Waals surface area contributed by atoms with Crippen molar-refractivity contribution in [2.24, 2.45) is 0 Å². The lowest BCUT2D eigenvalue weighted by Gasteiger charge is -2.04. The normalized spacial score (nSPS) is 10.1. The second-order valence-corrected chi connectivity index (χ2v) is 4.54. The first-order valence-corrected chi connectivity index (χ1v) is 5.74. The standard InChI is InChI=1S/C11H7BrClN3/c12-9-6-15-16(7-9)10-2-1-8(3-4-14)11(13)5-10/h1-2,5-7H,3H2. The van der Waals surface area contributed by atoms with Gasteiger partial charge in [-0.2, -0.15) is 10.4 Å². The van der Waals surface area contributed by atoms with Crippen LogP contribution in [0.25, 0.3) is 5.69 Å². The molecule has 0 bridgehead atoms. The summed E-state index contributed by atoms with van der Waals surface area (Å²) < 4.78 is 2.62. The van der Waals surface area contributed by atoms with Gasteiger partial charge in [-0.05, 0) is 33.6 Å². The number of nitrogens with zero attached hydrogens (tertiary/aromatic N) is 3. The van der Waals surface area contributed by atoms with Gasteiger partial charge in [0.05, 0.1) is 28.8 Å². The highest BCUT2D eigenvalue weighted by molar-refractivity contribution is 9.10. The van der Waals surface area contributed by atoms with Gasteiger partial charge in [0.15, 0.2) is 0 Å². The average molecular weight is 297 g/mol. The van der Waals surface area contributed by atoms with E-state index in [-0.39, 0.29) is 0 Å². The molecule has 0 atom stereocenters. The highest BCUT2D eigenvalue weighted by atomic mass is 79.9. The predicted molar refractivity (Wildman–Crippen MR) is 65.6 cm³/mol. The number of hydrogen-bond acceptors (Lipinski definition) is 2. The lowest BCUT2D eigenvalue weighted by molar-refractivity contribution is 0.879. The zero-order valence-corrected chi connectivity index (χ0v) is 10.5. The molecular weight excluding hydrogens is 289 g/mol. The molecule has 0 aliphatic heterocycles. The topological polar surface area (TPSA) is 41.6 Å². The first-order valence-electron chi connectivity index (χ1n) is 4.56. The fraction of sp³-hybridized carbons (Fsp3) is 0.0909. The van der Waals surface area contributed by atoms with E-state index in [0.29, 0.717) is 11.4 Å². The molecule has 1 aromatic carbocycles. The van der Waals surface area contributed by atoms with Crippen LogP contribution in [0.4, 0.5) is 0 Å². The van der Waals surface area contributed by atoms with E-state index in [9.17, 15) is 0 Å². The molecule has 0 unspecified atom stereocenters. The van der Waals surface area contributed by atoms with Crippen molar-refractivity contribution in [1.29, 1.82) is 5.26 Å². The summed E-state index contributed by atoms with van der Waals surface area (Å²) in [7, 11) is 0. The lowest BCUT2D eigenvalue weighted by atomic mass is 10.1. The molecule has 0 aliphatic carbocycles. The Labute approximate surface area is 106 Å². The Morgan fingerprint density at radius 1 is 1.50 bits per heavy atom. The monoisotopic (exact) mass is 295 g/mol. The Bertz CT molecular complexity index is 557. The van der Waals surface area contributed by atoms with Crippen LogP contribution < -0.4 is 0 Å². The van der Waals surface area contributed by atoms with Crippen molar-refractivity contribution in [3.8, 4) is 11.8 Å². The minimum absolute atomic E-state index is 0.321. The SMILES string of the molecule is N#CCc1ccc(-n2cc(Br)cn2)cc1Cl. The third kappa shape index (κ3) is 2.26. The Morgan fingerprint density at radius 3 is 2.88 bits per heavy atom. The summed E-state index contributed by atoms with van der Waals surface area (Å²) in [5.74, 6) is 0. The Morgan fingerprint density at radius 2 is 2.31 bits per heavy atom. The van der Waals surface area contributed by atoms with Crippen molar-refractivity contribution in [1.82, 2.24) is 9.78 Å². The van der Waals surface area contributed by atoms with E-state index in [0.717, 1.165) is 15.7 Å². The second kappa shape index (κ2) is 4.69. The van der Waals surface area contributed by atoms with Crippen molar-refractivity contribution in [2.45, 2.75) is 6.42 Å². The van der Waals surface area contributed by atoms with Crippen LogP contribution in [0.3, 0.4) is 0 Å². The van der Waals surface area contributed by atoms with Gasteiger partial charge in [-0.1, -0.05) is 17.7 Å². The molecule has 0 radical (unpaired) electrons. The minimum atomic E-state index is 0.321. The van der Waals surface area contributed by atoms with E-state index in [1.165, 1.54) is 0 Å². The number of hydrogen-bond donors (Lipinski definition) is 0. The summed E-state index contributed by atoms with van der Waals surface area (Å²) in [5, 5.41) is 13.3. The molecule has 0 fully saturated rings. The zero-order valence-electron chi connectivity index (χ0n) is 8.19. The van der Waals surface area contributed by atoms with E-state index < -0.39 is 0 Å². The number of aromatic nitrogens is 2. The summed E-state index contributed by atoms with van der Waals surface area (Å²) in [6.45, 7) is 0. The molecule has 0 saturated carbocycles. The predicted octanol–water partition coefficient (Wildman–Crippen LogP) is 3.35. The molecule has 0 spiro atoms. The molecular formula is C11H7BrClN3. The van der Waals surface area contributed by atoms with Gasteiger partial charge in [-0.15, -0.1) is 0 Å². The molecule has 2 rings (SSSR count). The molecule has 5 heteroatoms. The molecule has 80 valence electrons. The highest BCUT2D eigenvalue weighted by Gasteiger charge is 2.04. The van der Waals surface area contributed by atoms with Crippen LogP contribution in [-0.4, -0.2) is 9.78 Å². The molecule has 3 nitrogen and oxygen atoms in total. The number of halogens is 2. The van der Waals surface area contributed by atoms with Crippen LogP contribution in [0.2, 0.25) is 5.02 Å². The Hall–Kier alpha value is -1.31. The minimum Gasteiger partial charge on any atom is -0.240 e. The van der Waals surface area contributed by atoms with Crippen LogP contribution >= 0.6 is 27.5 Å². The average Bonchev–Trinajstić information content (AvgIpc) is 2.68. The second-order valence-electron chi connectivity index (χ2n) is 3.21. The molecule has 0 aliphatic rings. The quantitative estimate of drug-likeness (QED) is 0.853. The van der Waals surface area contributed by atoms with Crippen LogP contribution in [0.5, 0.6) is 0 Å². The van der Waals surface area contributed by atoms with Crippen molar-refractivity contribution in [2.75, 3.05) is 0 Å². The number of rotatable bonds is 2. The van der Waals surface area contributed by atoms with Crippen molar-refractivity contribution < 1.29 is 0 Å². The molecule has 0 saturated heterocycles. The van der Waals surface area contributed by atoms with E-state index in [4.69, 9.17) is 16.9 Å². The van der Waals surface area contributed by atoms with E-state index in [2.05, 4.69) is 27.1 Å². The maximum atomic E-state index is 8.60. The fourth-order valence-corrected chi connectivity index (χ4v) is 1.88. The van der Waals surface area contributed by atoms with Crippen molar-refractivity contribution in [3.63, 3.8) is 0 Å². The Kier molecular flexibility index (Phi) is 3.28. The number of nitriles is 1. The smallest absolute Gasteiger partial charge is 0.0670 e. The Balaban J connectivity index is 2.38. The third-order valence-electron chi connectivity index (χ3n) is 2.12. The van der Waals surface area contributed by atoms with Gasteiger partial charge in [0, 0.05) is 11.2 Å².